The van der Waals surface area contributed by atoms with Crippen LogP contribution in [0, 0.1) is 0 Å². The van der Waals surface area contributed by atoms with Gasteiger partial charge in [-0.15, -0.1) is 10.2 Å². The summed E-state index contributed by atoms with van der Waals surface area (Å²) in [7, 11) is 1.45. The summed E-state index contributed by atoms with van der Waals surface area (Å²) < 4.78 is 1.62. The van der Waals surface area contributed by atoms with Gasteiger partial charge < -0.3 is 5.32 Å². The topological polar surface area (TPSA) is 84.0 Å². The van der Waals surface area contributed by atoms with Crippen LogP contribution < -0.4 is 10.6 Å². The molecule has 1 aromatic heterocycles. The highest BCUT2D eigenvalue weighted by molar-refractivity contribution is 8.03. The lowest BCUT2D eigenvalue weighted by molar-refractivity contribution is -0.117. The van der Waals surface area contributed by atoms with Crippen molar-refractivity contribution in [1.29, 1.82) is 0 Å². The van der Waals surface area contributed by atoms with Crippen molar-refractivity contribution in [2.45, 2.75) is 15.6 Å². The first-order chi connectivity index (χ1) is 8.15. The van der Waals surface area contributed by atoms with E-state index >= 15 is 0 Å². The molecule has 1 aromatic rings. The number of nitrogens with one attached hydrogen (secondary N) is 2. The minimum Gasteiger partial charge on any atom is -0.341 e. The number of hydrogen-bond acceptors (Lipinski definition) is 7. The Bertz CT molecular complexity index is 396. The average molecular weight is 292 g/mol. The number of imide groups is 1. The van der Waals surface area contributed by atoms with Gasteiger partial charge in [-0.25, -0.2) is 4.79 Å². The van der Waals surface area contributed by atoms with Crippen molar-refractivity contribution in [3.8, 4) is 0 Å². The van der Waals surface area contributed by atoms with Crippen LogP contribution >= 0.6 is 34.9 Å². The van der Waals surface area contributed by atoms with E-state index in [0.717, 1.165) is 14.4 Å². The Kier molecular flexibility index (Phi) is 6.30. The van der Waals surface area contributed by atoms with Crippen LogP contribution in [-0.4, -0.2) is 40.7 Å². The van der Waals surface area contributed by atoms with Crippen molar-refractivity contribution in [2.75, 3.05) is 18.6 Å². The van der Waals surface area contributed by atoms with Gasteiger partial charge in [-0.2, -0.15) is 0 Å². The van der Waals surface area contributed by atoms with Gasteiger partial charge in [-0.1, -0.05) is 41.8 Å². The number of rotatable bonds is 5. The van der Waals surface area contributed by atoms with Crippen LogP contribution in [-0.2, 0) is 4.79 Å². The van der Waals surface area contributed by atoms with Gasteiger partial charge in [-0.05, 0) is 5.75 Å². The predicted molar refractivity (Wildman–Crippen MR) is 69.6 cm³/mol. The molecule has 2 N–H and O–H groups in total. The number of hydrogen-bond donors (Lipinski definition) is 2. The molecule has 0 aliphatic heterocycles. The maximum Gasteiger partial charge on any atom is 0.321 e. The Morgan fingerprint density at radius 1 is 1.29 bits per heavy atom. The molecule has 94 valence electrons. The zero-order valence-corrected chi connectivity index (χ0v) is 11.8. The van der Waals surface area contributed by atoms with E-state index in [9.17, 15) is 9.59 Å². The molecule has 3 amide bonds. The molecule has 0 saturated heterocycles. The highest BCUT2D eigenvalue weighted by Crippen LogP contribution is 2.28. The van der Waals surface area contributed by atoms with Crippen molar-refractivity contribution in [3.05, 3.63) is 0 Å². The van der Waals surface area contributed by atoms with Crippen molar-refractivity contribution in [2.24, 2.45) is 0 Å². The summed E-state index contributed by atoms with van der Waals surface area (Å²) in [5, 5.41) is 12.4. The van der Waals surface area contributed by atoms with E-state index in [2.05, 4.69) is 20.8 Å². The third-order valence-electron chi connectivity index (χ3n) is 1.46. The SMILES string of the molecule is CCSc1nnc(SCC(=O)NC(=O)NC)s1. The lowest BCUT2D eigenvalue weighted by Crippen LogP contribution is -2.38. The maximum atomic E-state index is 11.3. The quantitative estimate of drug-likeness (QED) is 0.793. The smallest absolute Gasteiger partial charge is 0.321 e. The molecule has 0 aliphatic rings. The van der Waals surface area contributed by atoms with E-state index in [1.54, 1.807) is 11.8 Å². The molecule has 1 heterocycles. The lowest BCUT2D eigenvalue weighted by Gasteiger charge is -2.00. The van der Waals surface area contributed by atoms with E-state index in [0.29, 0.717) is 0 Å². The molecule has 1 rings (SSSR count). The molecule has 0 radical (unpaired) electrons. The van der Waals surface area contributed by atoms with E-state index in [1.165, 1.54) is 30.1 Å². The zero-order valence-electron chi connectivity index (χ0n) is 9.35. The molecule has 0 saturated carbocycles. The van der Waals surface area contributed by atoms with Gasteiger partial charge in [0.1, 0.15) is 0 Å². The minimum atomic E-state index is -0.505. The Morgan fingerprint density at radius 2 is 1.94 bits per heavy atom. The molecule has 6 nitrogen and oxygen atoms in total. The van der Waals surface area contributed by atoms with Gasteiger partial charge in [-0.3, -0.25) is 10.1 Å². The molecule has 0 unspecified atom stereocenters. The van der Waals surface area contributed by atoms with Crippen molar-refractivity contribution in [3.63, 3.8) is 0 Å². The van der Waals surface area contributed by atoms with E-state index in [-0.39, 0.29) is 11.7 Å². The Labute approximate surface area is 111 Å². The maximum absolute atomic E-state index is 11.3. The summed E-state index contributed by atoms with van der Waals surface area (Å²) in [4.78, 5) is 22.1. The second kappa shape index (κ2) is 7.51. The summed E-state index contributed by atoms with van der Waals surface area (Å²) in [6.07, 6.45) is 0. The van der Waals surface area contributed by atoms with Crippen LogP contribution in [0.4, 0.5) is 4.79 Å². The summed E-state index contributed by atoms with van der Waals surface area (Å²) in [6, 6.07) is -0.505. The number of aromatic nitrogens is 2. The summed E-state index contributed by atoms with van der Waals surface area (Å²) in [6.45, 7) is 2.04. The average Bonchev–Trinajstić information content (AvgIpc) is 2.74. The van der Waals surface area contributed by atoms with Gasteiger partial charge in [0.15, 0.2) is 8.68 Å². The third-order valence-corrected chi connectivity index (χ3v) is 4.53. The molecule has 17 heavy (non-hydrogen) atoms. The number of carbonyl (C=O) groups is 2. The molecule has 0 aromatic carbocycles. The van der Waals surface area contributed by atoms with Crippen LogP contribution in [0.25, 0.3) is 0 Å². The first-order valence-electron chi connectivity index (χ1n) is 4.76. The lowest BCUT2D eigenvalue weighted by atomic mass is 10.7. The van der Waals surface area contributed by atoms with Crippen LogP contribution in [0.5, 0.6) is 0 Å². The molecule has 0 bridgehead atoms. The van der Waals surface area contributed by atoms with Crippen molar-refractivity contribution >= 4 is 46.8 Å². The molecule has 0 aliphatic carbocycles. The fourth-order valence-electron chi connectivity index (χ4n) is 0.790. The largest absolute Gasteiger partial charge is 0.341 e. The molecule has 0 fully saturated rings. The predicted octanol–water partition coefficient (Wildman–Crippen LogP) is 1.20. The van der Waals surface area contributed by atoms with Crippen molar-refractivity contribution < 1.29 is 9.59 Å². The summed E-state index contributed by atoms with van der Waals surface area (Å²) in [5.41, 5.74) is 0. The number of carbonyl (C=O) groups excluding carboxylic acids is 2. The highest BCUT2D eigenvalue weighted by Gasteiger charge is 2.09. The van der Waals surface area contributed by atoms with Crippen LogP contribution in [0.3, 0.4) is 0 Å². The van der Waals surface area contributed by atoms with E-state index < -0.39 is 6.03 Å². The first-order valence-corrected chi connectivity index (χ1v) is 7.55. The van der Waals surface area contributed by atoms with Crippen LogP contribution in [0.2, 0.25) is 0 Å². The summed E-state index contributed by atoms with van der Waals surface area (Å²) >= 11 is 4.33. The van der Waals surface area contributed by atoms with Gasteiger partial charge in [0.25, 0.3) is 0 Å². The molecular formula is C8H12N4O2S3. The second-order valence-electron chi connectivity index (χ2n) is 2.68. The Hall–Kier alpha value is -0.800. The summed E-state index contributed by atoms with van der Waals surface area (Å²) in [5.74, 6) is 0.740. The number of thioether (sulfide) groups is 2. The van der Waals surface area contributed by atoms with Gasteiger partial charge in [0.05, 0.1) is 5.75 Å². The molecular weight excluding hydrogens is 280 g/mol. The number of amides is 3. The molecule has 0 spiro atoms. The van der Waals surface area contributed by atoms with Crippen molar-refractivity contribution in [1.82, 2.24) is 20.8 Å². The molecule has 9 heteroatoms. The standard InChI is InChI=1S/C8H12N4O2S3/c1-3-15-7-11-12-8(17-7)16-4-5(13)10-6(14)9-2/h3-4H2,1-2H3,(H2,9,10,13,14). The van der Waals surface area contributed by atoms with Crippen LogP contribution in [0.15, 0.2) is 8.68 Å². The van der Waals surface area contributed by atoms with Crippen LogP contribution in [0.1, 0.15) is 6.92 Å². The fourth-order valence-corrected chi connectivity index (χ4v) is 3.51. The zero-order chi connectivity index (χ0) is 12.7. The third kappa shape index (κ3) is 5.37. The van der Waals surface area contributed by atoms with E-state index in [1.807, 2.05) is 6.92 Å². The van der Waals surface area contributed by atoms with Gasteiger partial charge in [0.2, 0.25) is 5.91 Å². The first kappa shape index (κ1) is 14.3. The minimum absolute atomic E-state index is 0.152. The number of urea groups is 1. The fraction of sp³-hybridized carbons (Fsp3) is 0.500. The van der Waals surface area contributed by atoms with Gasteiger partial charge >= 0.3 is 6.03 Å². The normalized spacial score (nSPS) is 10.0. The Balaban J connectivity index is 2.34. The highest BCUT2D eigenvalue weighted by atomic mass is 32.2. The molecule has 0 atom stereocenters. The van der Waals surface area contributed by atoms with E-state index in [4.69, 9.17) is 0 Å². The number of nitrogens with zero attached hydrogens (tertiary/aromatic N) is 2. The monoisotopic (exact) mass is 292 g/mol. The Morgan fingerprint density at radius 3 is 2.53 bits per heavy atom. The van der Waals surface area contributed by atoms with Gasteiger partial charge in [0, 0.05) is 7.05 Å². The second-order valence-corrected chi connectivity index (χ2v) is 6.39.